The van der Waals surface area contributed by atoms with E-state index in [1.165, 1.54) is 30.2 Å². The highest BCUT2D eigenvalue weighted by molar-refractivity contribution is 7.92. The van der Waals surface area contributed by atoms with Crippen LogP contribution in [-0.2, 0) is 29.5 Å². The van der Waals surface area contributed by atoms with E-state index in [1.807, 2.05) is 83.3 Å². The van der Waals surface area contributed by atoms with Gasteiger partial charge in [0.25, 0.3) is 5.91 Å². The number of rotatable bonds is 12. The van der Waals surface area contributed by atoms with Crippen molar-refractivity contribution in [3.8, 4) is 0 Å². The van der Waals surface area contributed by atoms with Gasteiger partial charge in [0.1, 0.15) is 21.0 Å². The molecule has 0 saturated carbocycles. The molecular formula is C56H80N14O11S4. The van der Waals surface area contributed by atoms with Gasteiger partial charge in [0.2, 0.25) is 20.0 Å². The molecule has 0 unspecified atom stereocenters. The van der Waals surface area contributed by atoms with Crippen LogP contribution in [0, 0.1) is 27.7 Å². The smallest absolute Gasteiger partial charge is 0.407 e. The first-order chi connectivity index (χ1) is 39.7. The van der Waals surface area contributed by atoms with Crippen LogP contribution < -0.4 is 35.2 Å². The van der Waals surface area contributed by atoms with Crippen molar-refractivity contribution in [3.05, 3.63) is 78.7 Å². The second-order valence-electron chi connectivity index (χ2n) is 24.2. The van der Waals surface area contributed by atoms with Crippen LogP contribution in [0.3, 0.4) is 0 Å². The van der Waals surface area contributed by atoms with Crippen LogP contribution in [0.1, 0.15) is 157 Å². The normalized spacial score (nSPS) is 19.4. The van der Waals surface area contributed by atoms with Crippen molar-refractivity contribution in [3.63, 3.8) is 0 Å². The third kappa shape index (κ3) is 17.4. The van der Waals surface area contributed by atoms with Gasteiger partial charge in [0, 0.05) is 42.5 Å². The maximum absolute atomic E-state index is 13.8. The first-order valence-electron chi connectivity index (χ1n) is 28.4. The molecule has 4 atom stereocenters. The molecule has 0 aromatic carbocycles. The quantitative estimate of drug-likeness (QED) is 0.0670. The number of sulfonamides is 2. The van der Waals surface area contributed by atoms with Crippen LogP contribution in [0.5, 0.6) is 0 Å². The number of alkyl carbamates (subject to hydrolysis) is 2. The van der Waals surface area contributed by atoms with Crippen molar-refractivity contribution in [1.29, 1.82) is 0 Å². The van der Waals surface area contributed by atoms with Crippen LogP contribution in [0.4, 0.5) is 32.6 Å². The van der Waals surface area contributed by atoms with Crippen LogP contribution >= 0.6 is 22.7 Å². The van der Waals surface area contributed by atoms with E-state index in [9.17, 15) is 36.0 Å². The number of hydrogen-bond acceptors (Lipinski definition) is 19. The molecule has 0 bridgehead atoms. The number of thiophene rings is 2. The fraction of sp³-hybridized carbons (Fsp3) is 0.571. The fourth-order valence-corrected chi connectivity index (χ4v) is 13.7. The predicted octanol–water partition coefficient (Wildman–Crippen LogP) is 8.33. The monoisotopic (exact) mass is 1250 g/mol. The summed E-state index contributed by atoms with van der Waals surface area (Å²) in [7, 11) is -6.96. The number of ether oxygens (including phenoxy) is 2. The number of aromatic carboxylic acids is 1. The molecule has 10 rings (SSSR count). The highest BCUT2D eigenvalue weighted by atomic mass is 32.2. The molecule has 6 aromatic heterocycles. The highest BCUT2D eigenvalue weighted by Gasteiger charge is 2.35. The Morgan fingerprint density at radius 3 is 1.58 bits per heavy atom. The number of aromatic nitrogens is 6. The number of carboxylic acid groups (broad SMARTS) is 1. The molecule has 0 spiro atoms. The summed E-state index contributed by atoms with van der Waals surface area (Å²) in [5.41, 5.74) is 4.87. The number of carbonyl (C=O) groups is 4. The van der Waals surface area contributed by atoms with E-state index in [-0.39, 0.29) is 40.7 Å². The van der Waals surface area contributed by atoms with Gasteiger partial charge < -0.3 is 45.2 Å². The van der Waals surface area contributed by atoms with E-state index in [2.05, 4.69) is 48.2 Å². The molecule has 4 saturated heterocycles. The molecule has 464 valence electrons. The number of fused-ring (bicyclic) bond motifs is 2. The zero-order chi connectivity index (χ0) is 61.9. The molecule has 3 amide bonds. The number of hydrogen-bond donors (Lipinski definition) is 6. The molecule has 10 heterocycles. The van der Waals surface area contributed by atoms with E-state index < -0.39 is 43.3 Å². The zero-order valence-electron chi connectivity index (χ0n) is 50.4. The molecule has 0 radical (unpaired) electrons. The summed E-state index contributed by atoms with van der Waals surface area (Å²) in [6.45, 7) is 23.3. The number of aryl methyl sites for hydroxylation is 4. The molecule has 4 fully saturated rings. The topological polar surface area (TPSA) is 305 Å². The van der Waals surface area contributed by atoms with Gasteiger partial charge >= 0.3 is 18.2 Å². The van der Waals surface area contributed by atoms with E-state index in [0.29, 0.717) is 35.3 Å². The van der Waals surface area contributed by atoms with Crippen LogP contribution in [0.25, 0.3) is 11.3 Å². The second kappa shape index (κ2) is 26.0. The van der Waals surface area contributed by atoms with Crippen molar-refractivity contribution < 1.29 is 50.6 Å². The zero-order valence-corrected chi connectivity index (χ0v) is 53.6. The largest absolute Gasteiger partial charge is 0.477 e. The molecule has 4 aliphatic rings. The number of piperidine rings is 2. The molecule has 4 aliphatic heterocycles. The molecule has 0 aliphatic carbocycles. The summed E-state index contributed by atoms with van der Waals surface area (Å²) in [4.78, 5) is 66.7. The summed E-state index contributed by atoms with van der Waals surface area (Å²) in [6, 6.07) is 7.38. The molecule has 6 N–H and O–H groups in total. The van der Waals surface area contributed by atoms with E-state index in [4.69, 9.17) is 34.7 Å². The molecular weight excluding hydrogens is 1170 g/mol. The summed E-state index contributed by atoms with van der Waals surface area (Å²) < 4.78 is 64.7. The Morgan fingerprint density at radius 1 is 0.635 bits per heavy atom. The third-order valence-electron chi connectivity index (χ3n) is 14.1. The van der Waals surface area contributed by atoms with E-state index in [1.54, 1.807) is 17.5 Å². The Morgan fingerprint density at radius 2 is 1.11 bits per heavy atom. The van der Waals surface area contributed by atoms with Crippen molar-refractivity contribution in [1.82, 2.24) is 50.0 Å². The fourth-order valence-electron chi connectivity index (χ4n) is 10.7. The van der Waals surface area contributed by atoms with Crippen molar-refractivity contribution in [2.24, 2.45) is 0 Å². The van der Waals surface area contributed by atoms with Crippen LogP contribution in [-0.4, -0.2) is 155 Å². The minimum absolute atomic E-state index is 0.00734. The number of carbonyl (C=O) groups excluding carboxylic acids is 3. The number of amides is 3. The lowest BCUT2D eigenvalue weighted by atomic mass is 9.99. The number of nitrogens with zero attached hydrogens (tertiary/aromatic N) is 9. The minimum Gasteiger partial charge on any atom is -0.477 e. The third-order valence-corrected chi connectivity index (χ3v) is 17.4. The summed E-state index contributed by atoms with van der Waals surface area (Å²) in [5.74, 6) is 0.439. The molecule has 85 heavy (non-hydrogen) atoms. The Balaban J connectivity index is 0.000000188. The Bertz CT molecular complexity index is 3650. The van der Waals surface area contributed by atoms with Gasteiger partial charge in [-0.2, -0.15) is 0 Å². The average Bonchev–Trinajstić information content (AvgIpc) is 1.85. The lowest BCUT2D eigenvalue weighted by Gasteiger charge is -2.34. The van der Waals surface area contributed by atoms with Gasteiger partial charge in [-0.05, 0) is 156 Å². The Kier molecular flexibility index (Phi) is 19.7. The molecule has 25 nitrogen and oxygen atoms in total. The lowest BCUT2D eigenvalue weighted by Crippen LogP contribution is -2.40. The standard InChI is InChI=1S/C28H39N7O5S2.C21H32N6O2.C7H9NO4S2/c1-17-13-23-30-21(16-35(23)31-25(17)33-12-10-19(15-33)29-27(37)40-28(3,4)5)22-9-7-8-11-34(22)26(36)24-20(14-18(2)41-24)32-42(6,38)39;1-14-11-18-24-17(16-7-5-6-9-22-16)13-27(18)25-19(14)26-10-8-15(12-26)23-20(28)29-21(2,3)4;1-4-3-5(8-14(2,11)12)6(13-4)7(9)10/h13-14,16,19,22,32H,7-12,15H2,1-6H3,(H,29,37);11,13,15-16,22H,5-10,12H2,1-4H3,(H,23,28);3,8H,1-2H3,(H,9,10)/t19-,22-;15-,16-;/m00./s1. The number of imidazole rings is 2. The summed E-state index contributed by atoms with van der Waals surface area (Å²) in [5, 5.41) is 28.0. The predicted molar refractivity (Wildman–Crippen MR) is 330 cm³/mol. The maximum atomic E-state index is 13.8. The Labute approximate surface area is 504 Å². The number of nitrogens with one attached hydrogen (secondary N) is 5. The molecule has 29 heteroatoms. The number of anilines is 4. The maximum Gasteiger partial charge on any atom is 0.407 e. The van der Waals surface area contributed by atoms with E-state index in [0.717, 1.165) is 138 Å². The Hall–Kier alpha value is -6.82. The van der Waals surface area contributed by atoms with Crippen molar-refractivity contribution in [2.45, 2.75) is 156 Å². The van der Waals surface area contributed by atoms with Gasteiger partial charge in [-0.25, -0.2) is 50.2 Å². The van der Waals surface area contributed by atoms with Crippen LogP contribution in [0.15, 0.2) is 36.7 Å². The van der Waals surface area contributed by atoms with Gasteiger partial charge in [0.15, 0.2) is 22.9 Å². The van der Waals surface area contributed by atoms with Gasteiger partial charge in [-0.3, -0.25) is 14.2 Å². The first-order valence-corrected chi connectivity index (χ1v) is 33.8. The SMILES string of the molecule is Cc1cc(NS(C)(=O)=O)c(C(=O)N2CCCC[C@H]2c2cn3nc(N4CC[C@H](NC(=O)OC(C)(C)C)C4)c(C)cc3n2)s1.Cc1cc(NS(C)(=O)=O)c(C(=O)O)s1.Cc1cc2nc([C@@H]3CCCCN3)cn2nc1N1CC[C@H](NC(=O)OC(C)(C)C)C1. The molecule has 6 aromatic rings. The number of carboxylic acids is 1. The number of likely N-dealkylation sites (tertiary alicyclic amines) is 1. The highest BCUT2D eigenvalue weighted by Crippen LogP contribution is 2.37. The van der Waals surface area contributed by atoms with Gasteiger partial charge in [-0.1, -0.05) is 6.42 Å². The lowest BCUT2D eigenvalue weighted by molar-refractivity contribution is 0.0497. The van der Waals surface area contributed by atoms with E-state index >= 15 is 0 Å². The summed E-state index contributed by atoms with van der Waals surface area (Å²) >= 11 is 2.32. The second-order valence-corrected chi connectivity index (χ2v) is 30.2. The minimum atomic E-state index is -3.53. The first kappa shape index (κ1) is 64.2. The van der Waals surface area contributed by atoms with Gasteiger partial charge in [0.05, 0.1) is 71.8 Å². The summed E-state index contributed by atoms with van der Waals surface area (Å²) in [6.07, 6.45) is 13.0. The average molecular weight is 1250 g/mol. The van der Waals surface area contributed by atoms with Crippen molar-refractivity contribution in [2.75, 3.05) is 71.0 Å². The van der Waals surface area contributed by atoms with Crippen LogP contribution in [0.2, 0.25) is 0 Å². The van der Waals surface area contributed by atoms with Crippen molar-refractivity contribution >= 4 is 101 Å². The van der Waals surface area contributed by atoms with Gasteiger partial charge in [-0.15, -0.1) is 32.9 Å².